The predicted molar refractivity (Wildman–Crippen MR) is 63.6 cm³/mol. The van der Waals surface area contributed by atoms with E-state index in [1.807, 2.05) is 25.1 Å². The van der Waals surface area contributed by atoms with E-state index < -0.39 is 0 Å². The summed E-state index contributed by atoms with van der Waals surface area (Å²) >= 11 is 3.30. The number of hydrogen-bond donors (Lipinski definition) is 0. The zero-order valence-electron chi connectivity index (χ0n) is 8.79. The van der Waals surface area contributed by atoms with Crippen molar-refractivity contribution in [2.24, 2.45) is 0 Å². The van der Waals surface area contributed by atoms with Crippen molar-refractivity contribution in [3.05, 3.63) is 34.9 Å². The lowest BCUT2D eigenvalue weighted by atomic mass is 9.97. The highest BCUT2D eigenvalue weighted by Gasteiger charge is 2.17. The summed E-state index contributed by atoms with van der Waals surface area (Å²) in [6.45, 7) is 3.50. The van der Waals surface area contributed by atoms with Gasteiger partial charge in [0, 0.05) is 5.56 Å². The van der Waals surface area contributed by atoms with Crippen molar-refractivity contribution in [1.82, 2.24) is 0 Å². The maximum atomic E-state index is 11.2. The zero-order valence-corrected chi connectivity index (χ0v) is 10.4. The van der Waals surface area contributed by atoms with E-state index >= 15 is 0 Å². The van der Waals surface area contributed by atoms with Gasteiger partial charge in [-0.25, -0.2) is 0 Å². The highest BCUT2D eigenvalue weighted by Crippen LogP contribution is 2.28. The molecule has 0 aliphatic carbocycles. The van der Waals surface area contributed by atoms with Crippen LogP contribution in [0.1, 0.15) is 40.2 Å². The summed E-state index contributed by atoms with van der Waals surface area (Å²) in [5.41, 5.74) is 2.38. The van der Waals surface area contributed by atoms with E-state index in [0.29, 0.717) is 5.56 Å². The third kappa shape index (κ3) is 2.53. The molecular weight excluding hydrogens is 256 g/mol. The predicted octanol–water partition coefficient (Wildman–Crippen LogP) is 3.09. The smallest absolute Gasteiger partial charge is 0.150 e. The fourth-order valence-corrected chi connectivity index (χ4v) is 1.92. The Kier molecular flexibility index (Phi) is 4.21. The fourth-order valence-electron chi connectivity index (χ4n) is 1.52. The van der Waals surface area contributed by atoms with Crippen LogP contribution in [0.4, 0.5) is 0 Å². The molecule has 1 rings (SSSR count). The molecule has 0 aromatic heterocycles. The van der Waals surface area contributed by atoms with E-state index in [2.05, 4.69) is 15.9 Å². The first-order valence-electron chi connectivity index (χ1n) is 4.83. The third-order valence-electron chi connectivity index (χ3n) is 2.36. The van der Waals surface area contributed by atoms with E-state index in [1.165, 1.54) is 6.92 Å². The lowest BCUT2D eigenvalue weighted by Crippen LogP contribution is -2.06. The molecule has 0 amide bonds. The number of benzene rings is 1. The maximum Gasteiger partial charge on any atom is 0.150 e. The third-order valence-corrected chi connectivity index (χ3v) is 3.50. The molecular formula is C12H13BrO2. The Morgan fingerprint density at radius 1 is 1.53 bits per heavy atom. The molecule has 0 N–H and O–H groups in total. The van der Waals surface area contributed by atoms with Gasteiger partial charge in [-0.05, 0) is 24.5 Å². The molecule has 3 heteroatoms. The van der Waals surface area contributed by atoms with Crippen LogP contribution < -0.4 is 0 Å². The molecule has 1 aromatic carbocycles. The summed E-state index contributed by atoms with van der Waals surface area (Å²) < 4.78 is 0. The van der Waals surface area contributed by atoms with E-state index in [9.17, 15) is 9.59 Å². The average molecular weight is 269 g/mol. The minimum Gasteiger partial charge on any atom is -0.298 e. The largest absolute Gasteiger partial charge is 0.298 e. The number of alkyl halides is 1. The molecule has 80 valence electrons. The molecule has 0 fully saturated rings. The quantitative estimate of drug-likeness (QED) is 0.621. The van der Waals surface area contributed by atoms with Gasteiger partial charge in [0.1, 0.15) is 5.78 Å². The SMILES string of the molecule is CCc1cccc(C(Br)C(C)=O)c1C=O. The van der Waals surface area contributed by atoms with Gasteiger partial charge in [0.15, 0.2) is 6.29 Å². The summed E-state index contributed by atoms with van der Waals surface area (Å²) in [5, 5.41) is 0. The summed E-state index contributed by atoms with van der Waals surface area (Å²) in [7, 11) is 0. The standard InChI is InChI=1S/C12H13BrO2/c1-3-9-5-4-6-10(11(9)7-14)12(13)8(2)15/h4-7,12H,3H2,1-2H3. The summed E-state index contributed by atoms with van der Waals surface area (Å²) in [6, 6.07) is 5.59. The number of aryl methyl sites for hydroxylation is 1. The van der Waals surface area contributed by atoms with Gasteiger partial charge in [-0.2, -0.15) is 0 Å². The van der Waals surface area contributed by atoms with Gasteiger partial charge in [-0.1, -0.05) is 41.1 Å². The van der Waals surface area contributed by atoms with Crippen molar-refractivity contribution < 1.29 is 9.59 Å². The fraction of sp³-hybridized carbons (Fsp3) is 0.333. The summed E-state index contributed by atoms with van der Waals surface area (Å²) in [4.78, 5) is 21.9. The first kappa shape index (κ1) is 12.1. The average Bonchev–Trinajstić information content (AvgIpc) is 2.26. The number of aldehydes is 1. The van der Waals surface area contributed by atoms with Gasteiger partial charge in [0.25, 0.3) is 0 Å². The molecule has 0 aliphatic rings. The van der Waals surface area contributed by atoms with E-state index in [4.69, 9.17) is 0 Å². The second kappa shape index (κ2) is 5.21. The van der Waals surface area contributed by atoms with Crippen LogP contribution in [0.15, 0.2) is 18.2 Å². The molecule has 0 heterocycles. The van der Waals surface area contributed by atoms with Gasteiger partial charge >= 0.3 is 0 Å². The van der Waals surface area contributed by atoms with Crippen molar-refractivity contribution >= 4 is 28.0 Å². The summed E-state index contributed by atoms with van der Waals surface area (Å²) in [5.74, 6) is 0.00588. The van der Waals surface area contributed by atoms with Crippen molar-refractivity contribution in [3.63, 3.8) is 0 Å². The van der Waals surface area contributed by atoms with Crippen molar-refractivity contribution in [2.45, 2.75) is 25.1 Å². The van der Waals surface area contributed by atoms with Gasteiger partial charge in [-0.3, -0.25) is 9.59 Å². The van der Waals surface area contributed by atoms with Crippen LogP contribution >= 0.6 is 15.9 Å². The number of hydrogen-bond acceptors (Lipinski definition) is 2. The minimum absolute atomic E-state index is 0.00588. The molecule has 1 aromatic rings. The van der Waals surface area contributed by atoms with Crippen LogP contribution in [0.3, 0.4) is 0 Å². The van der Waals surface area contributed by atoms with Crippen LogP contribution in [0.2, 0.25) is 0 Å². The molecule has 0 aliphatic heterocycles. The normalized spacial score (nSPS) is 12.2. The van der Waals surface area contributed by atoms with E-state index in [-0.39, 0.29) is 10.6 Å². The van der Waals surface area contributed by atoms with Crippen LogP contribution in [-0.2, 0) is 11.2 Å². The maximum absolute atomic E-state index is 11.2. The zero-order chi connectivity index (χ0) is 11.4. The number of halogens is 1. The molecule has 1 atom stereocenters. The van der Waals surface area contributed by atoms with Crippen LogP contribution in [0.25, 0.3) is 0 Å². The highest BCUT2D eigenvalue weighted by atomic mass is 79.9. The molecule has 15 heavy (non-hydrogen) atoms. The van der Waals surface area contributed by atoms with Crippen LogP contribution in [0, 0.1) is 0 Å². The molecule has 0 saturated carbocycles. The number of Topliss-reactive ketones (excluding diaryl/α,β-unsaturated/α-hetero) is 1. The highest BCUT2D eigenvalue weighted by molar-refractivity contribution is 9.09. The number of rotatable bonds is 4. The molecule has 1 unspecified atom stereocenters. The lowest BCUT2D eigenvalue weighted by Gasteiger charge is -2.12. The summed E-state index contributed by atoms with van der Waals surface area (Å²) in [6.07, 6.45) is 1.62. The number of carbonyl (C=O) groups excluding carboxylic acids is 2. The second-order valence-electron chi connectivity index (χ2n) is 3.36. The van der Waals surface area contributed by atoms with Gasteiger partial charge < -0.3 is 0 Å². The van der Waals surface area contributed by atoms with Crippen molar-refractivity contribution in [3.8, 4) is 0 Å². The van der Waals surface area contributed by atoms with Crippen molar-refractivity contribution in [2.75, 3.05) is 0 Å². The number of carbonyl (C=O) groups is 2. The second-order valence-corrected chi connectivity index (χ2v) is 4.28. The van der Waals surface area contributed by atoms with Crippen LogP contribution in [-0.4, -0.2) is 12.1 Å². The van der Waals surface area contributed by atoms with Gasteiger partial charge in [0.2, 0.25) is 0 Å². The van der Waals surface area contributed by atoms with Crippen LogP contribution in [0.5, 0.6) is 0 Å². The Labute approximate surface area is 97.8 Å². The Morgan fingerprint density at radius 3 is 2.67 bits per heavy atom. The first-order chi connectivity index (χ1) is 7.11. The van der Waals surface area contributed by atoms with Gasteiger partial charge in [0.05, 0.1) is 4.83 Å². The Balaban J connectivity index is 3.28. The lowest BCUT2D eigenvalue weighted by molar-refractivity contribution is -0.116. The minimum atomic E-state index is -0.385. The molecule has 0 bridgehead atoms. The topological polar surface area (TPSA) is 34.1 Å². The van der Waals surface area contributed by atoms with Crippen molar-refractivity contribution in [1.29, 1.82) is 0 Å². The molecule has 2 nitrogen and oxygen atoms in total. The Hall–Kier alpha value is -0.960. The van der Waals surface area contributed by atoms with E-state index in [1.54, 1.807) is 0 Å². The Bertz CT molecular complexity index is 385. The monoisotopic (exact) mass is 268 g/mol. The molecule has 0 saturated heterocycles. The van der Waals surface area contributed by atoms with E-state index in [0.717, 1.165) is 23.8 Å². The Morgan fingerprint density at radius 2 is 2.20 bits per heavy atom. The molecule has 0 spiro atoms. The van der Waals surface area contributed by atoms with Gasteiger partial charge in [-0.15, -0.1) is 0 Å². The number of ketones is 1. The first-order valence-corrected chi connectivity index (χ1v) is 5.74. The molecule has 0 radical (unpaired) electrons.